The Bertz CT molecular complexity index is 1950. The number of rotatable bonds is 11. The first-order chi connectivity index (χ1) is 27.4. The average molecular weight is 843 g/mol. The molecule has 0 spiro atoms. The van der Waals surface area contributed by atoms with E-state index in [4.69, 9.17) is 23.7 Å². The standard InChI is InChI=1S/C19H24N2O6.C17H26N2O4.C7H12O3/c1-19(2,3)27-18(25)14-16(23)15(22)13(17(24)20(4)5)21(14)11-7-9-12(26-6)10-8-11;1-17(2,3)23-16(21)12-19(11-15(20)18(4)5)13-7-9-14(22-6)10-8-13;1-5(8)6(9)10-7(2,3)4/h7-10,22-23H,1-6H3;7-10H,11-12H2,1-6H3;1-4H3. The van der Waals surface area contributed by atoms with E-state index in [0.717, 1.165) is 5.69 Å². The number of hydrogen-bond acceptors (Lipinski definition) is 14. The molecule has 17 heteroatoms. The minimum absolute atomic E-state index is 0.00315. The lowest BCUT2D eigenvalue weighted by Gasteiger charge is -2.27. The first-order valence-electron chi connectivity index (χ1n) is 18.7. The number of aromatic hydroxyl groups is 2. The van der Waals surface area contributed by atoms with Crippen molar-refractivity contribution < 1.29 is 62.7 Å². The van der Waals surface area contributed by atoms with E-state index in [0.29, 0.717) is 17.2 Å². The van der Waals surface area contributed by atoms with Crippen LogP contribution in [-0.4, -0.2) is 132 Å². The van der Waals surface area contributed by atoms with Gasteiger partial charge in [-0.05, 0) is 111 Å². The van der Waals surface area contributed by atoms with Crippen LogP contribution in [0.3, 0.4) is 0 Å². The lowest BCUT2D eigenvalue weighted by atomic mass is 10.2. The van der Waals surface area contributed by atoms with Crippen LogP contribution in [0, 0.1) is 0 Å². The molecule has 60 heavy (non-hydrogen) atoms. The van der Waals surface area contributed by atoms with Crippen molar-refractivity contribution in [3.05, 3.63) is 59.9 Å². The van der Waals surface area contributed by atoms with Crippen LogP contribution in [0.5, 0.6) is 23.0 Å². The maximum Gasteiger partial charge on any atom is 0.374 e. The Hall–Kier alpha value is -6.26. The number of benzene rings is 2. The van der Waals surface area contributed by atoms with Crippen LogP contribution in [-0.2, 0) is 33.4 Å². The highest BCUT2D eigenvalue weighted by molar-refractivity contribution is 6.32. The molecule has 0 aliphatic heterocycles. The molecule has 2 aromatic carbocycles. The van der Waals surface area contributed by atoms with Crippen LogP contribution < -0.4 is 14.4 Å². The molecule has 3 rings (SSSR count). The number of methoxy groups -OCH3 is 2. The number of aromatic nitrogens is 1. The first-order valence-corrected chi connectivity index (χ1v) is 18.7. The Morgan fingerprint density at radius 3 is 1.40 bits per heavy atom. The molecular formula is C43H62N4O13. The number of esters is 3. The van der Waals surface area contributed by atoms with Gasteiger partial charge in [0.2, 0.25) is 11.7 Å². The summed E-state index contributed by atoms with van der Waals surface area (Å²) in [6, 6.07) is 13.7. The van der Waals surface area contributed by atoms with Crippen molar-refractivity contribution in [1.82, 2.24) is 14.4 Å². The van der Waals surface area contributed by atoms with Crippen molar-refractivity contribution in [3.63, 3.8) is 0 Å². The van der Waals surface area contributed by atoms with E-state index in [-0.39, 0.29) is 36.4 Å². The number of Topliss-reactive ketones (excluding diaryl/α,β-unsaturated/α-hetero) is 1. The van der Waals surface area contributed by atoms with Gasteiger partial charge in [0.05, 0.1) is 20.8 Å². The normalized spacial score (nSPS) is 11.0. The molecule has 2 N–H and O–H groups in total. The molecular weight excluding hydrogens is 780 g/mol. The van der Waals surface area contributed by atoms with E-state index in [1.54, 1.807) is 104 Å². The zero-order chi connectivity index (χ0) is 46.5. The lowest BCUT2D eigenvalue weighted by molar-refractivity contribution is -0.161. The molecule has 1 aromatic heterocycles. The van der Waals surface area contributed by atoms with Crippen LogP contribution in [0.15, 0.2) is 48.5 Å². The minimum Gasteiger partial charge on any atom is -0.503 e. The van der Waals surface area contributed by atoms with Gasteiger partial charge in [0.15, 0.2) is 22.9 Å². The van der Waals surface area contributed by atoms with Gasteiger partial charge in [-0.1, -0.05) is 0 Å². The summed E-state index contributed by atoms with van der Waals surface area (Å²) >= 11 is 0. The summed E-state index contributed by atoms with van der Waals surface area (Å²) in [6.07, 6.45) is 0. The Kier molecular flexibility index (Phi) is 18.7. The third kappa shape index (κ3) is 16.9. The number of ketones is 1. The molecule has 17 nitrogen and oxygen atoms in total. The molecule has 2 amide bonds. The zero-order valence-corrected chi connectivity index (χ0v) is 37.7. The molecule has 3 aromatic rings. The van der Waals surface area contributed by atoms with Gasteiger partial charge < -0.3 is 48.6 Å². The van der Waals surface area contributed by atoms with Crippen LogP contribution in [0.4, 0.5) is 5.69 Å². The van der Waals surface area contributed by atoms with Crippen LogP contribution in [0.1, 0.15) is 90.2 Å². The number of carbonyl (C=O) groups excluding carboxylic acids is 6. The fourth-order valence-electron chi connectivity index (χ4n) is 4.68. The third-order valence-electron chi connectivity index (χ3n) is 7.34. The van der Waals surface area contributed by atoms with Crippen molar-refractivity contribution in [2.24, 2.45) is 0 Å². The second kappa shape index (κ2) is 21.7. The average Bonchev–Trinajstić information content (AvgIpc) is 3.38. The van der Waals surface area contributed by atoms with E-state index in [9.17, 15) is 39.0 Å². The summed E-state index contributed by atoms with van der Waals surface area (Å²) in [5.41, 5.74) is -1.41. The van der Waals surface area contributed by atoms with Gasteiger partial charge in [0.1, 0.15) is 34.8 Å². The van der Waals surface area contributed by atoms with E-state index < -0.39 is 51.9 Å². The summed E-state index contributed by atoms with van der Waals surface area (Å²) in [4.78, 5) is 74.8. The topological polar surface area (TPSA) is 204 Å². The third-order valence-corrected chi connectivity index (χ3v) is 7.34. The van der Waals surface area contributed by atoms with E-state index in [1.807, 2.05) is 32.9 Å². The number of amides is 2. The smallest absolute Gasteiger partial charge is 0.374 e. The number of likely N-dealkylation sites (N-methyl/N-ethyl adjacent to an activating group) is 1. The molecule has 0 fully saturated rings. The maximum atomic E-state index is 12.7. The van der Waals surface area contributed by atoms with Crippen molar-refractivity contribution in [1.29, 1.82) is 0 Å². The van der Waals surface area contributed by atoms with Gasteiger partial charge in [-0.2, -0.15) is 0 Å². The number of hydrogen-bond donors (Lipinski definition) is 2. The van der Waals surface area contributed by atoms with Gasteiger partial charge in [-0.25, -0.2) is 9.59 Å². The van der Waals surface area contributed by atoms with Gasteiger partial charge >= 0.3 is 17.9 Å². The molecule has 332 valence electrons. The monoisotopic (exact) mass is 842 g/mol. The Labute approximate surface area is 352 Å². The van der Waals surface area contributed by atoms with Gasteiger partial charge in [0.25, 0.3) is 5.91 Å². The number of nitrogens with zero attached hydrogens (tertiary/aromatic N) is 4. The summed E-state index contributed by atoms with van der Waals surface area (Å²) in [6.45, 7) is 16.9. The van der Waals surface area contributed by atoms with E-state index in [2.05, 4.69) is 0 Å². The highest BCUT2D eigenvalue weighted by Crippen LogP contribution is 2.40. The Morgan fingerprint density at radius 1 is 0.600 bits per heavy atom. The van der Waals surface area contributed by atoms with Crippen LogP contribution >= 0.6 is 0 Å². The molecule has 0 saturated heterocycles. The first kappa shape index (κ1) is 51.8. The van der Waals surface area contributed by atoms with Crippen LogP contribution in [0.2, 0.25) is 0 Å². The van der Waals surface area contributed by atoms with Crippen molar-refractivity contribution in [2.45, 2.75) is 86.0 Å². The predicted octanol–water partition coefficient (Wildman–Crippen LogP) is 5.40. The van der Waals surface area contributed by atoms with Crippen molar-refractivity contribution >= 4 is 41.2 Å². The highest BCUT2D eigenvalue weighted by Gasteiger charge is 2.35. The van der Waals surface area contributed by atoms with Crippen molar-refractivity contribution in [2.75, 3.05) is 60.4 Å². The van der Waals surface area contributed by atoms with Gasteiger partial charge in [-0.15, -0.1) is 0 Å². The molecule has 0 aliphatic rings. The summed E-state index contributed by atoms with van der Waals surface area (Å²) in [5.74, 6) is -3.39. The fraction of sp³-hybridized carbons (Fsp3) is 0.488. The molecule has 0 saturated carbocycles. The second-order valence-corrected chi connectivity index (χ2v) is 16.6. The summed E-state index contributed by atoms with van der Waals surface area (Å²) in [5, 5.41) is 20.8. The zero-order valence-electron chi connectivity index (χ0n) is 37.7. The largest absolute Gasteiger partial charge is 0.503 e. The fourth-order valence-corrected chi connectivity index (χ4v) is 4.68. The Balaban J connectivity index is 0.000000495. The predicted molar refractivity (Wildman–Crippen MR) is 225 cm³/mol. The molecule has 0 radical (unpaired) electrons. The van der Waals surface area contributed by atoms with E-state index in [1.165, 1.54) is 42.5 Å². The summed E-state index contributed by atoms with van der Waals surface area (Å²) in [7, 11) is 9.46. The molecule has 0 atom stereocenters. The number of carbonyl (C=O) groups is 6. The van der Waals surface area contributed by atoms with Gasteiger partial charge in [0, 0.05) is 46.5 Å². The molecule has 0 unspecified atom stereocenters. The Morgan fingerprint density at radius 2 is 1.03 bits per heavy atom. The maximum absolute atomic E-state index is 12.7. The quantitative estimate of drug-likeness (QED) is 0.141. The SMILES string of the molecule is CC(=O)C(=O)OC(C)(C)C.COc1ccc(-n2c(C(=O)OC(C)(C)C)c(O)c(O)c2C(=O)N(C)C)cc1.COc1ccc(N(CC(=O)OC(C)(C)C)CC(=O)N(C)C)cc1. The number of anilines is 1. The number of ether oxygens (including phenoxy) is 5. The summed E-state index contributed by atoms with van der Waals surface area (Å²) < 4.78 is 26.8. The minimum atomic E-state index is -0.871. The second-order valence-electron chi connectivity index (χ2n) is 16.6. The highest BCUT2D eigenvalue weighted by atomic mass is 16.6. The molecule has 0 aliphatic carbocycles. The van der Waals surface area contributed by atoms with Crippen LogP contribution in [0.25, 0.3) is 5.69 Å². The van der Waals surface area contributed by atoms with Crippen molar-refractivity contribution in [3.8, 4) is 28.7 Å². The lowest BCUT2D eigenvalue weighted by Crippen LogP contribution is -2.41. The van der Waals surface area contributed by atoms with Gasteiger partial charge in [-0.3, -0.25) is 23.7 Å². The van der Waals surface area contributed by atoms with E-state index >= 15 is 0 Å². The molecule has 1 heterocycles. The molecule has 0 bridgehead atoms.